The highest BCUT2D eigenvalue weighted by molar-refractivity contribution is 7.89. The average Bonchev–Trinajstić information content (AvgIpc) is 3.54. The number of hydrogen-bond acceptors (Lipinski definition) is 6. The summed E-state index contributed by atoms with van der Waals surface area (Å²) < 4.78 is 29.8. The minimum atomic E-state index is -3.19. The molecular formula is C24H27N7O2S. The van der Waals surface area contributed by atoms with Gasteiger partial charge in [0.25, 0.3) is 0 Å². The molecule has 1 atom stereocenters. The van der Waals surface area contributed by atoms with Gasteiger partial charge < -0.3 is 0 Å². The van der Waals surface area contributed by atoms with E-state index < -0.39 is 10.0 Å². The molecule has 1 fully saturated rings. The maximum absolute atomic E-state index is 12.3. The molecule has 1 aliphatic heterocycles. The smallest absolute Gasteiger partial charge is 0.213 e. The molecule has 10 heteroatoms. The number of benzene rings is 1. The molecule has 0 saturated carbocycles. The van der Waals surface area contributed by atoms with Crippen LogP contribution in [0, 0.1) is 0 Å². The lowest BCUT2D eigenvalue weighted by molar-refractivity contribution is 0.254. The minimum Gasteiger partial charge on any atom is -0.275 e. The molecule has 1 aromatic carbocycles. The Morgan fingerprint density at radius 3 is 2.41 bits per heavy atom. The molecule has 1 aliphatic rings. The number of hydrogen-bond donors (Lipinski definition) is 0. The van der Waals surface area contributed by atoms with Gasteiger partial charge in [0.1, 0.15) is 0 Å². The first kappa shape index (κ1) is 22.4. The molecule has 34 heavy (non-hydrogen) atoms. The molecular weight excluding hydrogens is 450 g/mol. The number of aromatic nitrogens is 6. The zero-order chi connectivity index (χ0) is 23.7. The van der Waals surface area contributed by atoms with E-state index in [4.69, 9.17) is 0 Å². The van der Waals surface area contributed by atoms with Gasteiger partial charge in [-0.05, 0) is 31.4 Å². The highest BCUT2D eigenvalue weighted by atomic mass is 32.2. The van der Waals surface area contributed by atoms with Crippen LogP contribution in [0.4, 0.5) is 0 Å². The molecule has 0 amide bonds. The topological polar surface area (TPSA) is 98.8 Å². The maximum Gasteiger partial charge on any atom is 0.213 e. The number of piperidine rings is 1. The van der Waals surface area contributed by atoms with Crippen molar-refractivity contribution in [2.45, 2.75) is 25.8 Å². The van der Waals surface area contributed by atoms with Gasteiger partial charge in [0.2, 0.25) is 10.0 Å². The largest absolute Gasteiger partial charge is 0.275 e. The fourth-order valence-electron chi connectivity index (χ4n) is 4.29. The van der Waals surface area contributed by atoms with E-state index in [1.54, 1.807) is 34.5 Å². The summed E-state index contributed by atoms with van der Waals surface area (Å²) in [4.78, 5) is 9.17. The van der Waals surface area contributed by atoms with Gasteiger partial charge in [-0.15, -0.1) is 0 Å². The quantitative estimate of drug-likeness (QED) is 0.422. The van der Waals surface area contributed by atoms with Gasteiger partial charge in [0.15, 0.2) is 5.82 Å². The van der Waals surface area contributed by atoms with Crippen molar-refractivity contribution < 1.29 is 8.42 Å². The van der Waals surface area contributed by atoms with Crippen LogP contribution >= 0.6 is 0 Å². The van der Waals surface area contributed by atoms with Gasteiger partial charge in [-0.3, -0.25) is 9.36 Å². The second kappa shape index (κ2) is 9.11. The molecule has 3 aromatic heterocycles. The second-order valence-electron chi connectivity index (χ2n) is 8.54. The highest BCUT2D eigenvalue weighted by Crippen LogP contribution is 2.27. The van der Waals surface area contributed by atoms with Gasteiger partial charge in [0.05, 0.1) is 24.2 Å². The first-order valence-corrected chi connectivity index (χ1v) is 13.0. The summed E-state index contributed by atoms with van der Waals surface area (Å²) in [6, 6.07) is 8.11. The van der Waals surface area contributed by atoms with Crippen molar-refractivity contribution >= 4 is 10.0 Å². The summed E-state index contributed by atoms with van der Waals surface area (Å²) in [6.07, 6.45) is 12.9. The first-order valence-electron chi connectivity index (χ1n) is 11.4. The standard InChI is InChI=1S/C24H27N7O2S/c1-3-34(32,33)30-9-5-8-23(17-30)31-16-22(14-28-31)20-11-25-24(26-12-20)19-7-4-6-18(10-19)21-13-27-29(2)15-21/h4,6-7,10-16,23H,3,5,8-9,17H2,1-2H3. The maximum atomic E-state index is 12.3. The molecule has 0 N–H and O–H groups in total. The van der Waals surface area contributed by atoms with Crippen LogP contribution in [-0.4, -0.2) is 61.1 Å². The van der Waals surface area contributed by atoms with Crippen molar-refractivity contribution in [2.75, 3.05) is 18.8 Å². The summed E-state index contributed by atoms with van der Waals surface area (Å²) in [5, 5.41) is 8.76. The number of sulfonamides is 1. The van der Waals surface area contributed by atoms with E-state index >= 15 is 0 Å². The van der Waals surface area contributed by atoms with E-state index in [9.17, 15) is 8.42 Å². The molecule has 0 bridgehead atoms. The first-order chi connectivity index (χ1) is 16.4. The number of nitrogens with zero attached hydrogens (tertiary/aromatic N) is 7. The van der Waals surface area contributed by atoms with Crippen LogP contribution in [-0.2, 0) is 17.1 Å². The predicted octanol–water partition coefficient (Wildman–Crippen LogP) is 3.39. The zero-order valence-corrected chi connectivity index (χ0v) is 20.1. The Bertz CT molecular complexity index is 1390. The van der Waals surface area contributed by atoms with Crippen molar-refractivity contribution in [2.24, 2.45) is 7.05 Å². The van der Waals surface area contributed by atoms with Gasteiger partial charge in [-0.2, -0.15) is 14.5 Å². The third-order valence-electron chi connectivity index (χ3n) is 6.24. The summed E-state index contributed by atoms with van der Waals surface area (Å²) in [6.45, 7) is 2.72. The minimum absolute atomic E-state index is 0.0271. The van der Waals surface area contributed by atoms with Crippen molar-refractivity contribution in [1.82, 2.24) is 33.8 Å². The van der Waals surface area contributed by atoms with E-state index in [0.717, 1.165) is 40.7 Å². The SMILES string of the molecule is CCS(=O)(=O)N1CCCC(n2cc(-c3cnc(-c4cccc(-c5cnn(C)c5)c4)nc3)cn2)C1. The summed E-state index contributed by atoms with van der Waals surface area (Å²) in [5.74, 6) is 0.772. The molecule has 1 saturated heterocycles. The van der Waals surface area contributed by atoms with E-state index in [1.165, 1.54) is 0 Å². The zero-order valence-electron chi connectivity index (χ0n) is 19.2. The number of aryl methyl sites for hydroxylation is 1. The van der Waals surface area contributed by atoms with Crippen molar-refractivity contribution in [3.05, 3.63) is 61.4 Å². The molecule has 4 heterocycles. The lowest BCUT2D eigenvalue weighted by Gasteiger charge is -2.31. The van der Waals surface area contributed by atoms with Gasteiger partial charge >= 0.3 is 0 Å². The van der Waals surface area contributed by atoms with Crippen molar-refractivity contribution in [3.8, 4) is 33.6 Å². The van der Waals surface area contributed by atoms with Crippen LogP contribution in [0.5, 0.6) is 0 Å². The van der Waals surface area contributed by atoms with Crippen LogP contribution in [0.2, 0.25) is 0 Å². The van der Waals surface area contributed by atoms with E-state index in [0.29, 0.717) is 18.9 Å². The average molecular weight is 478 g/mol. The number of rotatable bonds is 6. The molecule has 9 nitrogen and oxygen atoms in total. The molecule has 4 aromatic rings. The Morgan fingerprint density at radius 1 is 0.941 bits per heavy atom. The molecule has 0 radical (unpaired) electrons. The Morgan fingerprint density at radius 2 is 1.68 bits per heavy atom. The van der Waals surface area contributed by atoms with Crippen molar-refractivity contribution in [3.63, 3.8) is 0 Å². The highest BCUT2D eigenvalue weighted by Gasteiger charge is 2.29. The lowest BCUT2D eigenvalue weighted by atomic mass is 10.1. The predicted molar refractivity (Wildman–Crippen MR) is 130 cm³/mol. The summed E-state index contributed by atoms with van der Waals surface area (Å²) in [7, 11) is -1.29. The van der Waals surface area contributed by atoms with Crippen LogP contribution in [0.15, 0.2) is 61.4 Å². The Kier molecular flexibility index (Phi) is 6.01. The van der Waals surface area contributed by atoms with E-state index in [2.05, 4.69) is 26.2 Å². The van der Waals surface area contributed by atoms with Gasteiger partial charge in [-0.1, -0.05) is 18.2 Å². The fourth-order valence-corrected chi connectivity index (χ4v) is 5.46. The molecule has 5 rings (SSSR count). The normalized spacial score (nSPS) is 17.2. The monoisotopic (exact) mass is 477 g/mol. The Balaban J connectivity index is 1.33. The van der Waals surface area contributed by atoms with Crippen molar-refractivity contribution in [1.29, 1.82) is 0 Å². The molecule has 0 aliphatic carbocycles. The third kappa shape index (κ3) is 4.51. The fraction of sp³-hybridized carbons (Fsp3) is 0.333. The Hall–Kier alpha value is -3.37. The van der Waals surface area contributed by atoms with E-state index in [1.807, 2.05) is 48.5 Å². The van der Waals surface area contributed by atoms with Crippen LogP contribution < -0.4 is 0 Å². The summed E-state index contributed by atoms with van der Waals surface area (Å²) >= 11 is 0. The van der Waals surface area contributed by atoms with Crippen LogP contribution in [0.1, 0.15) is 25.8 Å². The Labute approximate surface area is 199 Å². The molecule has 1 unspecified atom stereocenters. The van der Waals surface area contributed by atoms with Gasteiger partial charge in [0, 0.05) is 67.2 Å². The van der Waals surface area contributed by atoms with Crippen LogP contribution in [0.3, 0.4) is 0 Å². The lowest BCUT2D eigenvalue weighted by Crippen LogP contribution is -2.41. The molecule has 176 valence electrons. The van der Waals surface area contributed by atoms with Gasteiger partial charge in [-0.25, -0.2) is 18.4 Å². The van der Waals surface area contributed by atoms with E-state index in [-0.39, 0.29) is 11.8 Å². The van der Waals surface area contributed by atoms with Crippen LogP contribution in [0.25, 0.3) is 33.6 Å². The molecule has 0 spiro atoms. The summed E-state index contributed by atoms with van der Waals surface area (Å²) in [5.41, 5.74) is 4.81. The third-order valence-corrected chi connectivity index (χ3v) is 8.09. The second-order valence-corrected chi connectivity index (χ2v) is 10.8.